The van der Waals surface area contributed by atoms with Gasteiger partial charge in [0.05, 0.1) is 11.7 Å². The fraction of sp³-hybridized carbons (Fsp3) is 0.138. The topological polar surface area (TPSA) is 111 Å². The number of amides is 2. The Morgan fingerprint density at radius 2 is 1.29 bits per heavy atom. The van der Waals surface area contributed by atoms with Crippen LogP contribution in [0.15, 0.2) is 103 Å². The van der Waals surface area contributed by atoms with E-state index in [4.69, 9.17) is 11.5 Å². The molecule has 0 unspecified atom stereocenters. The van der Waals surface area contributed by atoms with E-state index < -0.39 is 23.9 Å². The van der Waals surface area contributed by atoms with Crippen molar-refractivity contribution in [2.75, 3.05) is 0 Å². The fourth-order valence-electron chi connectivity index (χ4n) is 3.87. The first-order chi connectivity index (χ1) is 17.0. The van der Waals surface area contributed by atoms with E-state index in [-0.39, 0.29) is 6.42 Å². The molecule has 2 atom stereocenters. The van der Waals surface area contributed by atoms with Gasteiger partial charge in [-0.3, -0.25) is 14.6 Å². The van der Waals surface area contributed by atoms with Gasteiger partial charge in [-0.15, -0.1) is 0 Å². The molecule has 0 aliphatic rings. The molecule has 0 saturated heterocycles. The van der Waals surface area contributed by atoms with Gasteiger partial charge in [0.1, 0.15) is 6.04 Å². The first kappa shape index (κ1) is 23.9. The van der Waals surface area contributed by atoms with Crippen molar-refractivity contribution in [3.8, 4) is 22.4 Å². The maximum absolute atomic E-state index is 12.7. The molecule has 0 radical (unpaired) electrons. The highest BCUT2D eigenvalue weighted by Gasteiger charge is 2.22. The quantitative estimate of drug-likeness (QED) is 0.352. The number of hydrogen-bond donors (Lipinski definition) is 3. The van der Waals surface area contributed by atoms with Crippen molar-refractivity contribution in [1.82, 2.24) is 10.3 Å². The Balaban J connectivity index is 1.35. The average Bonchev–Trinajstić information content (AvgIpc) is 2.90. The van der Waals surface area contributed by atoms with E-state index in [9.17, 15) is 9.59 Å². The first-order valence-electron chi connectivity index (χ1n) is 11.5. The van der Waals surface area contributed by atoms with E-state index in [0.717, 1.165) is 33.5 Å². The number of carbonyl (C=O) groups excluding carboxylic acids is 2. The minimum absolute atomic E-state index is 0.238. The second-order valence-electron chi connectivity index (χ2n) is 8.46. The van der Waals surface area contributed by atoms with Gasteiger partial charge >= 0.3 is 0 Å². The van der Waals surface area contributed by atoms with Crippen LogP contribution in [-0.4, -0.2) is 28.9 Å². The van der Waals surface area contributed by atoms with Crippen LogP contribution in [0.3, 0.4) is 0 Å². The van der Waals surface area contributed by atoms with Crippen LogP contribution in [0.1, 0.15) is 11.1 Å². The van der Waals surface area contributed by atoms with Gasteiger partial charge < -0.3 is 16.8 Å². The van der Waals surface area contributed by atoms with Crippen molar-refractivity contribution in [3.63, 3.8) is 0 Å². The van der Waals surface area contributed by atoms with Crippen molar-refractivity contribution in [2.45, 2.75) is 24.9 Å². The molecule has 35 heavy (non-hydrogen) atoms. The van der Waals surface area contributed by atoms with Crippen molar-refractivity contribution in [2.24, 2.45) is 11.5 Å². The van der Waals surface area contributed by atoms with Crippen LogP contribution in [-0.2, 0) is 22.4 Å². The zero-order chi connectivity index (χ0) is 24.6. The molecule has 0 bridgehead atoms. The van der Waals surface area contributed by atoms with Gasteiger partial charge in [-0.2, -0.15) is 0 Å². The van der Waals surface area contributed by atoms with Crippen LogP contribution < -0.4 is 16.8 Å². The summed E-state index contributed by atoms with van der Waals surface area (Å²) in [5.74, 6) is -1.04. The number of aromatic nitrogens is 1. The average molecular weight is 465 g/mol. The molecule has 5 N–H and O–H groups in total. The lowest BCUT2D eigenvalue weighted by Crippen LogP contribution is -2.51. The summed E-state index contributed by atoms with van der Waals surface area (Å²) in [6, 6.07) is 29.9. The van der Waals surface area contributed by atoms with Gasteiger partial charge in [-0.1, -0.05) is 91.0 Å². The Morgan fingerprint density at radius 1 is 0.714 bits per heavy atom. The molecule has 6 heteroatoms. The van der Waals surface area contributed by atoms with Gasteiger partial charge in [-0.25, -0.2) is 0 Å². The van der Waals surface area contributed by atoms with Gasteiger partial charge in [0.25, 0.3) is 0 Å². The molecular formula is C29H28N4O2. The molecule has 0 saturated carbocycles. The predicted molar refractivity (Wildman–Crippen MR) is 138 cm³/mol. The third-order valence-electron chi connectivity index (χ3n) is 5.85. The monoisotopic (exact) mass is 464 g/mol. The summed E-state index contributed by atoms with van der Waals surface area (Å²) < 4.78 is 0. The van der Waals surface area contributed by atoms with E-state index in [1.54, 1.807) is 6.20 Å². The van der Waals surface area contributed by atoms with Gasteiger partial charge in [0.15, 0.2) is 0 Å². The fourth-order valence-corrected chi connectivity index (χ4v) is 3.87. The summed E-state index contributed by atoms with van der Waals surface area (Å²) >= 11 is 0. The van der Waals surface area contributed by atoms with E-state index >= 15 is 0 Å². The highest BCUT2D eigenvalue weighted by molar-refractivity contribution is 5.89. The van der Waals surface area contributed by atoms with E-state index in [2.05, 4.69) is 10.3 Å². The second kappa shape index (κ2) is 11.2. The zero-order valence-electron chi connectivity index (χ0n) is 19.3. The van der Waals surface area contributed by atoms with Gasteiger partial charge in [0, 0.05) is 18.2 Å². The van der Waals surface area contributed by atoms with Crippen molar-refractivity contribution in [1.29, 1.82) is 0 Å². The molecule has 0 aliphatic carbocycles. The number of rotatable bonds is 9. The van der Waals surface area contributed by atoms with E-state index in [0.29, 0.717) is 6.42 Å². The van der Waals surface area contributed by atoms with Gasteiger partial charge in [0.2, 0.25) is 11.8 Å². The number of nitrogens with zero attached hydrogens (tertiary/aromatic N) is 1. The molecule has 0 aliphatic heterocycles. The Hall–Kier alpha value is -4.29. The lowest BCUT2D eigenvalue weighted by Gasteiger charge is -2.19. The summed E-state index contributed by atoms with van der Waals surface area (Å²) in [7, 11) is 0. The molecule has 176 valence electrons. The highest BCUT2D eigenvalue weighted by atomic mass is 16.2. The number of hydrogen-bond acceptors (Lipinski definition) is 4. The molecule has 4 rings (SSSR count). The maximum Gasteiger partial charge on any atom is 0.240 e. The van der Waals surface area contributed by atoms with Crippen LogP contribution in [0.25, 0.3) is 22.4 Å². The molecule has 0 fully saturated rings. The number of nitrogens with two attached hydrogens (primary N) is 2. The van der Waals surface area contributed by atoms with Crippen LogP contribution in [0, 0.1) is 0 Å². The SMILES string of the molecule is NC(=O)[C@H](Cc1ccc(-c2ccccc2)nc1)NC(=O)[C@@H](N)Cc1ccc(-c2ccccc2)cc1. The first-order valence-corrected chi connectivity index (χ1v) is 11.5. The third-order valence-corrected chi connectivity index (χ3v) is 5.85. The Morgan fingerprint density at radius 3 is 1.86 bits per heavy atom. The maximum atomic E-state index is 12.7. The molecule has 1 heterocycles. The molecule has 0 spiro atoms. The minimum atomic E-state index is -0.876. The normalized spacial score (nSPS) is 12.5. The van der Waals surface area contributed by atoms with E-state index in [1.165, 1.54) is 0 Å². The molecule has 3 aromatic carbocycles. The largest absolute Gasteiger partial charge is 0.368 e. The lowest BCUT2D eigenvalue weighted by molar-refractivity contribution is -0.128. The lowest BCUT2D eigenvalue weighted by atomic mass is 10.00. The summed E-state index contributed by atoms with van der Waals surface area (Å²) in [6.45, 7) is 0. The second-order valence-corrected chi connectivity index (χ2v) is 8.46. The number of carbonyl (C=O) groups is 2. The van der Waals surface area contributed by atoms with Gasteiger partial charge in [-0.05, 0) is 34.7 Å². The highest BCUT2D eigenvalue weighted by Crippen LogP contribution is 2.20. The Bertz CT molecular complexity index is 1260. The Kier molecular flexibility index (Phi) is 7.65. The number of primary amides is 1. The zero-order valence-corrected chi connectivity index (χ0v) is 19.3. The number of pyridine rings is 1. The van der Waals surface area contributed by atoms with Crippen molar-refractivity contribution in [3.05, 3.63) is 114 Å². The minimum Gasteiger partial charge on any atom is -0.368 e. The Labute approximate surface area is 205 Å². The molecule has 6 nitrogen and oxygen atoms in total. The number of nitrogens with one attached hydrogen (secondary N) is 1. The smallest absolute Gasteiger partial charge is 0.240 e. The van der Waals surface area contributed by atoms with Crippen LogP contribution in [0.4, 0.5) is 0 Å². The molecule has 4 aromatic rings. The van der Waals surface area contributed by atoms with E-state index in [1.807, 2.05) is 97.1 Å². The van der Waals surface area contributed by atoms with Crippen molar-refractivity contribution >= 4 is 11.8 Å². The van der Waals surface area contributed by atoms with Crippen LogP contribution in [0.5, 0.6) is 0 Å². The molecular weight excluding hydrogens is 436 g/mol. The summed E-state index contributed by atoms with van der Waals surface area (Å²) in [5.41, 5.74) is 17.5. The summed E-state index contributed by atoms with van der Waals surface area (Å²) in [6.07, 6.45) is 2.28. The van der Waals surface area contributed by atoms with Crippen LogP contribution >= 0.6 is 0 Å². The van der Waals surface area contributed by atoms with Crippen molar-refractivity contribution < 1.29 is 9.59 Å². The third kappa shape index (κ3) is 6.40. The standard InChI is InChI=1S/C29H28N4O2/c30-25(17-20-11-14-23(15-12-20)22-7-3-1-4-8-22)29(35)33-27(28(31)34)18-21-13-16-26(32-19-21)24-9-5-2-6-10-24/h1-16,19,25,27H,17-18,30H2,(H2,31,34)(H,33,35)/t25-,27-/m0/s1. The van der Waals surface area contributed by atoms with Crippen LogP contribution in [0.2, 0.25) is 0 Å². The predicted octanol–water partition coefficient (Wildman–Crippen LogP) is 3.50. The summed E-state index contributed by atoms with van der Waals surface area (Å²) in [5, 5.41) is 2.70. The number of benzene rings is 3. The summed E-state index contributed by atoms with van der Waals surface area (Å²) in [4.78, 5) is 29.2. The molecule has 1 aromatic heterocycles. The molecule has 2 amide bonds.